The van der Waals surface area contributed by atoms with E-state index >= 15 is 0 Å². The number of rotatable bonds is 4. The summed E-state index contributed by atoms with van der Waals surface area (Å²) in [5.41, 5.74) is 2.91. The van der Waals surface area contributed by atoms with Crippen molar-refractivity contribution in [1.29, 1.82) is 0 Å². The summed E-state index contributed by atoms with van der Waals surface area (Å²) in [5, 5.41) is 18.7. The van der Waals surface area contributed by atoms with E-state index in [1.54, 1.807) is 11.0 Å². The average molecular weight is 355 g/mol. The van der Waals surface area contributed by atoms with E-state index in [9.17, 15) is 5.11 Å². The highest BCUT2D eigenvalue weighted by Crippen LogP contribution is 2.37. The van der Waals surface area contributed by atoms with Gasteiger partial charge in [-0.3, -0.25) is 4.68 Å². The number of aliphatic hydroxyl groups is 1. The third-order valence-corrected chi connectivity index (χ3v) is 5.23. The molecule has 2 fully saturated rings. The minimum absolute atomic E-state index is 0.169. The van der Waals surface area contributed by atoms with Gasteiger partial charge in [-0.25, -0.2) is 4.98 Å². The van der Waals surface area contributed by atoms with Gasteiger partial charge in [0.05, 0.1) is 42.3 Å². The molecule has 5 rings (SSSR count). The van der Waals surface area contributed by atoms with Gasteiger partial charge in [0.15, 0.2) is 6.29 Å². The van der Waals surface area contributed by atoms with Gasteiger partial charge in [0.2, 0.25) is 0 Å². The molecule has 0 spiro atoms. The number of ether oxygens (including phenoxy) is 2. The number of nitrogens with one attached hydrogen (secondary N) is 1. The second-order valence-corrected chi connectivity index (χ2v) is 6.93. The standard InChI is InChI=1S/C18H21N5O3/c1-22-8-11(7-21-22)6-19-15-14-9-25-18(26-14)16(17(15)24)23-10-20-12-4-2-3-5-13(12)23/h2-5,7-8,10,14-19,24H,6,9H2,1H3/t14-,15-,16-,17+,18-/m1/s1. The lowest BCUT2D eigenvalue weighted by Gasteiger charge is -2.39. The SMILES string of the molecule is Cn1cc(CN[C@H]2[C@H](O)[C@@H](n3cnc4ccccc43)[C@@H]3OC[C@H]2O3)cn1. The van der Waals surface area contributed by atoms with E-state index in [0.717, 1.165) is 16.6 Å². The summed E-state index contributed by atoms with van der Waals surface area (Å²) in [6.45, 7) is 1.08. The third-order valence-electron chi connectivity index (χ3n) is 5.23. The van der Waals surface area contributed by atoms with Crippen molar-refractivity contribution in [2.75, 3.05) is 6.61 Å². The van der Waals surface area contributed by atoms with Crippen LogP contribution in [0.3, 0.4) is 0 Å². The maximum Gasteiger partial charge on any atom is 0.181 e. The maximum atomic E-state index is 11.1. The van der Waals surface area contributed by atoms with Gasteiger partial charge in [-0.2, -0.15) is 5.10 Å². The Hall–Kier alpha value is -2.26. The zero-order valence-electron chi connectivity index (χ0n) is 14.4. The molecule has 2 N–H and O–H groups in total. The van der Waals surface area contributed by atoms with Crippen molar-refractivity contribution in [3.05, 3.63) is 48.5 Å². The Labute approximate surface area is 150 Å². The van der Waals surface area contributed by atoms with Crippen molar-refractivity contribution >= 4 is 11.0 Å². The molecule has 136 valence electrons. The minimum atomic E-state index is -0.657. The van der Waals surface area contributed by atoms with E-state index in [-0.39, 0.29) is 18.2 Å². The highest BCUT2D eigenvalue weighted by atomic mass is 16.7. The van der Waals surface area contributed by atoms with Crippen molar-refractivity contribution in [3.8, 4) is 0 Å². The fourth-order valence-electron chi connectivity index (χ4n) is 3.96. The van der Waals surface area contributed by atoms with E-state index in [1.165, 1.54) is 0 Å². The lowest BCUT2D eigenvalue weighted by Crippen LogP contribution is -2.57. The van der Waals surface area contributed by atoms with Gasteiger partial charge in [0.1, 0.15) is 12.1 Å². The van der Waals surface area contributed by atoms with Crippen LogP contribution < -0.4 is 5.32 Å². The number of aryl methyl sites for hydroxylation is 1. The van der Waals surface area contributed by atoms with Crippen molar-refractivity contribution in [3.63, 3.8) is 0 Å². The molecule has 0 unspecified atom stereocenters. The van der Waals surface area contributed by atoms with Crippen molar-refractivity contribution in [2.24, 2.45) is 7.05 Å². The molecule has 26 heavy (non-hydrogen) atoms. The summed E-state index contributed by atoms with van der Waals surface area (Å²) >= 11 is 0. The van der Waals surface area contributed by atoms with Gasteiger partial charge in [-0.15, -0.1) is 0 Å². The monoisotopic (exact) mass is 355 g/mol. The van der Waals surface area contributed by atoms with Crippen molar-refractivity contribution in [1.82, 2.24) is 24.6 Å². The number of imidazole rings is 1. The zero-order valence-corrected chi connectivity index (χ0v) is 14.4. The molecule has 2 aliphatic heterocycles. The number of aromatic nitrogens is 4. The Kier molecular flexibility index (Phi) is 3.79. The molecule has 0 radical (unpaired) electrons. The van der Waals surface area contributed by atoms with Gasteiger partial charge in [0, 0.05) is 25.4 Å². The van der Waals surface area contributed by atoms with Crippen molar-refractivity contribution in [2.45, 2.75) is 37.1 Å². The first kappa shape index (κ1) is 16.0. The number of para-hydroxylation sites is 2. The Bertz CT molecular complexity index is 922. The van der Waals surface area contributed by atoms with Gasteiger partial charge in [0.25, 0.3) is 0 Å². The number of hydrogen-bond acceptors (Lipinski definition) is 6. The molecule has 5 atom stereocenters. The van der Waals surface area contributed by atoms with E-state index in [1.807, 2.05) is 48.3 Å². The fraction of sp³-hybridized carbons (Fsp3) is 0.444. The van der Waals surface area contributed by atoms with E-state index < -0.39 is 12.4 Å². The van der Waals surface area contributed by atoms with Crippen LogP contribution in [-0.4, -0.2) is 55.6 Å². The molecular weight excluding hydrogens is 334 g/mol. The van der Waals surface area contributed by atoms with Gasteiger partial charge >= 0.3 is 0 Å². The average Bonchev–Trinajstić information content (AvgIpc) is 3.36. The summed E-state index contributed by atoms with van der Waals surface area (Å²) in [4.78, 5) is 4.44. The van der Waals surface area contributed by atoms with E-state index in [2.05, 4.69) is 15.4 Å². The topological polar surface area (TPSA) is 86.4 Å². The van der Waals surface area contributed by atoms with Crippen molar-refractivity contribution < 1.29 is 14.6 Å². The summed E-state index contributed by atoms with van der Waals surface area (Å²) in [7, 11) is 1.89. The number of hydrogen-bond donors (Lipinski definition) is 2. The first-order valence-corrected chi connectivity index (χ1v) is 8.78. The van der Waals surface area contributed by atoms with Crippen LogP contribution in [0.1, 0.15) is 11.6 Å². The number of benzene rings is 1. The summed E-state index contributed by atoms with van der Waals surface area (Å²) < 4.78 is 15.6. The van der Waals surface area contributed by atoms with Gasteiger partial charge in [-0.1, -0.05) is 12.1 Å². The highest BCUT2D eigenvalue weighted by Gasteiger charge is 2.51. The summed E-state index contributed by atoms with van der Waals surface area (Å²) in [6, 6.07) is 7.28. The number of aliphatic hydroxyl groups excluding tert-OH is 1. The number of nitrogens with zero attached hydrogens (tertiary/aromatic N) is 4. The van der Waals surface area contributed by atoms with Crippen LogP contribution >= 0.6 is 0 Å². The highest BCUT2D eigenvalue weighted by molar-refractivity contribution is 5.75. The molecule has 2 aliphatic rings. The summed E-state index contributed by atoms with van der Waals surface area (Å²) in [6.07, 6.45) is 4.23. The molecule has 2 saturated heterocycles. The largest absolute Gasteiger partial charge is 0.389 e. The quantitative estimate of drug-likeness (QED) is 0.712. The lowest BCUT2D eigenvalue weighted by atomic mass is 9.95. The van der Waals surface area contributed by atoms with Crippen LogP contribution in [0, 0.1) is 0 Å². The molecule has 8 nitrogen and oxygen atoms in total. The molecule has 3 aromatic rings. The van der Waals surface area contributed by atoms with E-state index in [0.29, 0.717) is 13.2 Å². The lowest BCUT2D eigenvalue weighted by molar-refractivity contribution is -0.164. The predicted molar refractivity (Wildman–Crippen MR) is 93.2 cm³/mol. The predicted octanol–water partition coefficient (Wildman–Crippen LogP) is 0.585. The van der Waals surface area contributed by atoms with Crippen LogP contribution in [0.4, 0.5) is 0 Å². The first-order chi connectivity index (χ1) is 12.7. The van der Waals surface area contributed by atoms with Crippen LogP contribution in [0.2, 0.25) is 0 Å². The normalized spacial score (nSPS) is 30.9. The Balaban J connectivity index is 1.43. The molecule has 0 amide bonds. The zero-order chi connectivity index (χ0) is 17.7. The minimum Gasteiger partial charge on any atom is -0.389 e. The van der Waals surface area contributed by atoms with Crippen LogP contribution in [0.15, 0.2) is 43.0 Å². The van der Waals surface area contributed by atoms with Crippen LogP contribution in [-0.2, 0) is 23.1 Å². The molecule has 2 aromatic heterocycles. The number of fused-ring (bicyclic) bond motifs is 3. The molecule has 2 bridgehead atoms. The second-order valence-electron chi connectivity index (χ2n) is 6.93. The summed E-state index contributed by atoms with van der Waals surface area (Å²) in [5.74, 6) is 0. The fourth-order valence-corrected chi connectivity index (χ4v) is 3.96. The Morgan fingerprint density at radius 1 is 1.35 bits per heavy atom. The molecule has 0 aliphatic carbocycles. The smallest absolute Gasteiger partial charge is 0.181 e. The van der Waals surface area contributed by atoms with Crippen LogP contribution in [0.25, 0.3) is 11.0 Å². The molecule has 1 aromatic carbocycles. The van der Waals surface area contributed by atoms with Gasteiger partial charge in [-0.05, 0) is 12.1 Å². The maximum absolute atomic E-state index is 11.1. The van der Waals surface area contributed by atoms with E-state index in [4.69, 9.17) is 9.47 Å². The third kappa shape index (κ3) is 2.53. The Morgan fingerprint density at radius 2 is 2.23 bits per heavy atom. The molecule has 0 saturated carbocycles. The van der Waals surface area contributed by atoms with Crippen LogP contribution in [0.5, 0.6) is 0 Å². The molecule has 8 heteroatoms. The Morgan fingerprint density at radius 3 is 3.08 bits per heavy atom. The first-order valence-electron chi connectivity index (χ1n) is 8.78. The molecular formula is C18H21N5O3. The second kappa shape index (κ2) is 6.17. The molecule has 4 heterocycles. The van der Waals surface area contributed by atoms with Gasteiger partial charge < -0.3 is 24.5 Å².